The third kappa shape index (κ3) is 3.97. The Morgan fingerprint density at radius 1 is 1.53 bits per heavy atom. The van der Waals surface area contributed by atoms with Crippen molar-refractivity contribution < 1.29 is 4.74 Å². The summed E-state index contributed by atoms with van der Waals surface area (Å²) in [5.74, 6) is 0.651. The number of pyridine rings is 1. The lowest BCUT2D eigenvalue weighted by Gasteiger charge is -2.11. The SMILES string of the molecule is CCO/C(C)=N/NC(C)c1ccncc1. The summed E-state index contributed by atoms with van der Waals surface area (Å²) in [6.07, 6.45) is 3.54. The molecule has 1 rings (SSSR count). The Hall–Kier alpha value is -1.58. The van der Waals surface area contributed by atoms with Crippen LogP contribution in [-0.2, 0) is 4.74 Å². The molecule has 0 spiro atoms. The molecule has 1 atom stereocenters. The first kappa shape index (κ1) is 11.5. The first-order valence-corrected chi connectivity index (χ1v) is 5.06. The Labute approximate surface area is 90.4 Å². The van der Waals surface area contributed by atoms with E-state index >= 15 is 0 Å². The molecule has 1 heterocycles. The van der Waals surface area contributed by atoms with Crippen LogP contribution in [0.4, 0.5) is 0 Å². The maximum Gasteiger partial charge on any atom is 0.202 e. The molecule has 0 aliphatic heterocycles. The summed E-state index contributed by atoms with van der Waals surface area (Å²) >= 11 is 0. The summed E-state index contributed by atoms with van der Waals surface area (Å²) in [7, 11) is 0. The topological polar surface area (TPSA) is 46.5 Å². The van der Waals surface area contributed by atoms with Crippen LogP contribution in [0.25, 0.3) is 0 Å². The molecule has 4 nitrogen and oxygen atoms in total. The zero-order valence-corrected chi connectivity index (χ0v) is 9.40. The standard InChI is InChI=1S/C11H17N3O/c1-4-15-10(3)14-13-9(2)11-5-7-12-8-6-11/h5-9,13H,4H2,1-3H3/b14-10+. The van der Waals surface area contributed by atoms with E-state index in [4.69, 9.17) is 4.74 Å². The second-order valence-electron chi connectivity index (χ2n) is 3.20. The van der Waals surface area contributed by atoms with E-state index in [-0.39, 0.29) is 6.04 Å². The smallest absolute Gasteiger partial charge is 0.202 e. The molecule has 1 unspecified atom stereocenters. The number of hydrogen-bond donors (Lipinski definition) is 1. The van der Waals surface area contributed by atoms with E-state index in [1.165, 1.54) is 0 Å². The molecule has 4 heteroatoms. The first-order valence-electron chi connectivity index (χ1n) is 5.06. The molecule has 0 aliphatic carbocycles. The highest BCUT2D eigenvalue weighted by Gasteiger charge is 2.02. The van der Waals surface area contributed by atoms with E-state index in [0.29, 0.717) is 12.5 Å². The van der Waals surface area contributed by atoms with E-state index < -0.39 is 0 Å². The molecule has 1 aromatic heterocycles. The summed E-state index contributed by atoms with van der Waals surface area (Å²) in [4.78, 5) is 3.96. The van der Waals surface area contributed by atoms with Crippen molar-refractivity contribution in [3.8, 4) is 0 Å². The van der Waals surface area contributed by atoms with Gasteiger partial charge in [-0.15, -0.1) is 5.10 Å². The van der Waals surface area contributed by atoms with Gasteiger partial charge in [0, 0.05) is 19.3 Å². The van der Waals surface area contributed by atoms with Gasteiger partial charge in [-0.25, -0.2) is 0 Å². The van der Waals surface area contributed by atoms with Gasteiger partial charge in [-0.05, 0) is 31.5 Å². The van der Waals surface area contributed by atoms with Crippen molar-refractivity contribution in [2.45, 2.75) is 26.8 Å². The van der Waals surface area contributed by atoms with Crippen molar-refractivity contribution in [3.63, 3.8) is 0 Å². The van der Waals surface area contributed by atoms with Gasteiger partial charge in [0.25, 0.3) is 0 Å². The van der Waals surface area contributed by atoms with Crippen LogP contribution in [0.2, 0.25) is 0 Å². The number of hydrogen-bond acceptors (Lipinski definition) is 4. The molecular formula is C11H17N3O. The van der Waals surface area contributed by atoms with E-state index in [1.807, 2.05) is 32.9 Å². The van der Waals surface area contributed by atoms with E-state index in [1.54, 1.807) is 12.4 Å². The highest BCUT2D eigenvalue weighted by Crippen LogP contribution is 2.09. The first-order chi connectivity index (χ1) is 7.24. The Bertz CT molecular complexity index is 311. The molecule has 1 aromatic rings. The van der Waals surface area contributed by atoms with Gasteiger partial charge in [-0.2, -0.15) is 0 Å². The van der Waals surface area contributed by atoms with Gasteiger partial charge in [-0.3, -0.25) is 10.4 Å². The monoisotopic (exact) mass is 207 g/mol. The average molecular weight is 207 g/mol. The molecule has 0 fully saturated rings. The predicted molar refractivity (Wildman–Crippen MR) is 60.5 cm³/mol. The zero-order chi connectivity index (χ0) is 11.1. The van der Waals surface area contributed by atoms with E-state index in [2.05, 4.69) is 15.5 Å². The summed E-state index contributed by atoms with van der Waals surface area (Å²) in [6, 6.07) is 4.08. The Balaban J connectivity index is 2.49. The van der Waals surface area contributed by atoms with E-state index in [9.17, 15) is 0 Å². The Morgan fingerprint density at radius 3 is 2.80 bits per heavy atom. The molecule has 82 valence electrons. The maximum absolute atomic E-state index is 5.20. The van der Waals surface area contributed by atoms with Crippen LogP contribution in [0.15, 0.2) is 29.6 Å². The fourth-order valence-electron chi connectivity index (χ4n) is 1.16. The third-order valence-corrected chi connectivity index (χ3v) is 1.97. The van der Waals surface area contributed by atoms with E-state index in [0.717, 1.165) is 5.56 Å². The number of nitrogens with one attached hydrogen (secondary N) is 1. The molecule has 0 saturated carbocycles. The summed E-state index contributed by atoms with van der Waals surface area (Å²) < 4.78 is 5.20. The van der Waals surface area contributed by atoms with Crippen LogP contribution in [0.3, 0.4) is 0 Å². The second kappa shape index (κ2) is 6.01. The molecule has 15 heavy (non-hydrogen) atoms. The summed E-state index contributed by atoms with van der Waals surface area (Å²) in [5, 5.41) is 4.11. The maximum atomic E-state index is 5.20. The van der Waals surface area contributed by atoms with Gasteiger partial charge in [-0.1, -0.05) is 0 Å². The molecule has 0 aromatic carbocycles. The highest BCUT2D eigenvalue weighted by atomic mass is 16.5. The van der Waals surface area contributed by atoms with Crippen LogP contribution >= 0.6 is 0 Å². The molecule has 0 amide bonds. The minimum Gasteiger partial charge on any atom is -0.480 e. The average Bonchev–Trinajstić information content (AvgIpc) is 2.27. The molecule has 0 bridgehead atoms. The van der Waals surface area contributed by atoms with Crippen LogP contribution in [0.1, 0.15) is 32.4 Å². The van der Waals surface area contributed by atoms with Crippen LogP contribution in [0, 0.1) is 0 Å². The normalized spacial score (nSPS) is 13.4. The van der Waals surface area contributed by atoms with Crippen molar-refractivity contribution in [1.82, 2.24) is 10.4 Å². The lowest BCUT2D eigenvalue weighted by Crippen LogP contribution is -2.15. The summed E-state index contributed by atoms with van der Waals surface area (Å²) in [5.41, 5.74) is 4.17. The van der Waals surface area contributed by atoms with Crippen LogP contribution < -0.4 is 5.43 Å². The number of aromatic nitrogens is 1. The number of ether oxygens (including phenoxy) is 1. The van der Waals surface area contributed by atoms with Gasteiger partial charge in [0.1, 0.15) is 0 Å². The number of rotatable bonds is 4. The van der Waals surface area contributed by atoms with Crippen molar-refractivity contribution in [2.24, 2.45) is 5.10 Å². The quantitative estimate of drug-likeness (QED) is 0.467. The van der Waals surface area contributed by atoms with Gasteiger partial charge >= 0.3 is 0 Å². The third-order valence-electron chi connectivity index (χ3n) is 1.97. The summed E-state index contributed by atoms with van der Waals surface area (Å²) in [6.45, 7) is 6.44. The lowest BCUT2D eigenvalue weighted by molar-refractivity contribution is 0.319. The highest BCUT2D eigenvalue weighted by molar-refractivity contribution is 5.72. The minimum atomic E-state index is 0.156. The number of nitrogens with zero attached hydrogens (tertiary/aromatic N) is 2. The second-order valence-corrected chi connectivity index (χ2v) is 3.20. The zero-order valence-electron chi connectivity index (χ0n) is 9.40. The molecular weight excluding hydrogens is 190 g/mol. The molecule has 0 radical (unpaired) electrons. The minimum absolute atomic E-state index is 0.156. The fraction of sp³-hybridized carbons (Fsp3) is 0.455. The largest absolute Gasteiger partial charge is 0.480 e. The fourth-order valence-corrected chi connectivity index (χ4v) is 1.16. The lowest BCUT2D eigenvalue weighted by atomic mass is 10.1. The van der Waals surface area contributed by atoms with Crippen molar-refractivity contribution in [2.75, 3.05) is 6.61 Å². The van der Waals surface area contributed by atoms with Crippen molar-refractivity contribution in [3.05, 3.63) is 30.1 Å². The van der Waals surface area contributed by atoms with Gasteiger partial charge in [0.15, 0.2) is 0 Å². The van der Waals surface area contributed by atoms with Crippen LogP contribution in [0.5, 0.6) is 0 Å². The predicted octanol–water partition coefficient (Wildman–Crippen LogP) is 2.10. The Morgan fingerprint density at radius 2 is 2.20 bits per heavy atom. The molecule has 0 aliphatic rings. The number of hydrazone groups is 1. The van der Waals surface area contributed by atoms with Gasteiger partial charge < -0.3 is 4.74 Å². The van der Waals surface area contributed by atoms with Crippen molar-refractivity contribution in [1.29, 1.82) is 0 Å². The molecule has 0 saturated heterocycles. The Kier molecular flexibility index (Phi) is 4.60. The molecule has 1 N–H and O–H groups in total. The van der Waals surface area contributed by atoms with Crippen LogP contribution in [-0.4, -0.2) is 17.5 Å². The van der Waals surface area contributed by atoms with Gasteiger partial charge in [0.2, 0.25) is 5.90 Å². The van der Waals surface area contributed by atoms with Crippen molar-refractivity contribution >= 4 is 5.90 Å². The van der Waals surface area contributed by atoms with Gasteiger partial charge in [0.05, 0.1) is 12.6 Å².